The zero-order valence-corrected chi connectivity index (χ0v) is 12.2. The van der Waals surface area contributed by atoms with Crippen LogP contribution in [0, 0.1) is 0 Å². The molecule has 2 rings (SSSR count). The quantitative estimate of drug-likeness (QED) is 0.796. The predicted octanol–water partition coefficient (Wildman–Crippen LogP) is 0.909. The number of piperidine rings is 1. The maximum absolute atomic E-state index is 6.17. The monoisotopic (exact) mass is 255 g/mol. The molecule has 0 aromatic heterocycles. The normalized spacial score (nSPS) is 40.7. The number of nitrogens with zero attached hydrogens (tertiary/aromatic N) is 2. The molecule has 0 spiro atoms. The average molecular weight is 255 g/mol. The summed E-state index contributed by atoms with van der Waals surface area (Å²) in [6.45, 7) is 9.50. The second kappa shape index (κ2) is 5.87. The first-order chi connectivity index (χ1) is 8.57. The number of nitrogens with two attached hydrogens (primary N) is 1. The Bertz CT molecular complexity index is 274. The van der Waals surface area contributed by atoms with Gasteiger partial charge in [-0.15, -0.1) is 0 Å². The maximum atomic E-state index is 6.17. The van der Waals surface area contributed by atoms with Gasteiger partial charge >= 0.3 is 0 Å². The summed E-state index contributed by atoms with van der Waals surface area (Å²) < 4.78 is 5.77. The van der Waals surface area contributed by atoms with Crippen LogP contribution in [-0.4, -0.2) is 67.3 Å². The zero-order chi connectivity index (χ0) is 13.2. The largest absolute Gasteiger partial charge is 0.377 e. The fourth-order valence-electron chi connectivity index (χ4n) is 3.44. The average Bonchev–Trinajstić information content (AvgIpc) is 2.58. The molecule has 2 aliphatic rings. The van der Waals surface area contributed by atoms with Crippen molar-refractivity contribution in [1.82, 2.24) is 9.80 Å². The third kappa shape index (κ3) is 2.87. The van der Waals surface area contributed by atoms with Crippen LogP contribution < -0.4 is 5.73 Å². The van der Waals surface area contributed by atoms with Crippen LogP contribution in [0.3, 0.4) is 0 Å². The fourth-order valence-corrected chi connectivity index (χ4v) is 3.44. The van der Waals surface area contributed by atoms with Gasteiger partial charge in [0.25, 0.3) is 0 Å². The van der Waals surface area contributed by atoms with Gasteiger partial charge in [0.15, 0.2) is 0 Å². The van der Waals surface area contributed by atoms with Crippen LogP contribution >= 0.6 is 0 Å². The first-order valence-electron chi connectivity index (χ1n) is 7.34. The van der Waals surface area contributed by atoms with E-state index >= 15 is 0 Å². The molecule has 4 nitrogen and oxygen atoms in total. The molecule has 0 aromatic rings. The first-order valence-corrected chi connectivity index (χ1v) is 7.34. The SMILES string of the molecule is CC1CN(C2(CN)CCN(C)C(C)C2)CCCO1. The molecule has 0 aromatic carbocycles. The van der Waals surface area contributed by atoms with Crippen molar-refractivity contribution in [1.29, 1.82) is 0 Å². The molecule has 2 fully saturated rings. The van der Waals surface area contributed by atoms with Crippen LogP contribution in [0.1, 0.15) is 33.1 Å². The smallest absolute Gasteiger partial charge is 0.0674 e. The van der Waals surface area contributed by atoms with E-state index in [2.05, 4.69) is 30.7 Å². The third-order valence-corrected chi connectivity index (χ3v) is 4.86. The van der Waals surface area contributed by atoms with E-state index < -0.39 is 0 Å². The summed E-state index contributed by atoms with van der Waals surface area (Å²) >= 11 is 0. The van der Waals surface area contributed by atoms with E-state index in [1.54, 1.807) is 0 Å². The topological polar surface area (TPSA) is 41.7 Å². The van der Waals surface area contributed by atoms with Crippen LogP contribution in [0.25, 0.3) is 0 Å². The Morgan fingerprint density at radius 1 is 1.33 bits per heavy atom. The van der Waals surface area contributed by atoms with Crippen molar-refractivity contribution in [3.63, 3.8) is 0 Å². The molecule has 0 amide bonds. The van der Waals surface area contributed by atoms with Gasteiger partial charge in [-0.25, -0.2) is 0 Å². The molecule has 106 valence electrons. The molecule has 0 bridgehead atoms. The van der Waals surface area contributed by atoms with Gasteiger partial charge in [0.05, 0.1) is 6.10 Å². The standard InChI is InChI=1S/C14H29N3O/c1-12-9-14(11-15,5-7-16(12)3)17-6-4-8-18-13(2)10-17/h12-13H,4-11,15H2,1-3H3. The van der Waals surface area contributed by atoms with Crippen molar-refractivity contribution in [2.75, 3.05) is 39.8 Å². The minimum atomic E-state index is 0.202. The number of rotatable bonds is 2. The Hall–Kier alpha value is -0.160. The van der Waals surface area contributed by atoms with Crippen LogP contribution in [0.15, 0.2) is 0 Å². The molecule has 4 heteroatoms. The number of hydrogen-bond donors (Lipinski definition) is 1. The van der Waals surface area contributed by atoms with Crippen molar-refractivity contribution in [2.45, 2.75) is 50.8 Å². The lowest BCUT2D eigenvalue weighted by Crippen LogP contribution is -2.62. The molecule has 0 aliphatic carbocycles. The Kier molecular flexibility index (Phi) is 4.64. The van der Waals surface area contributed by atoms with E-state index in [1.165, 1.54) is 12.8 Å². The van der Waals surface area contributed by atoms with Gasteiger partial charge in [0.1, 0.15) is 0 Å². The van der Waals surface area contributed by atoms with Crippen LogP contribution in [0.2, 0.25) is 0 Å². The number of hydrogen-bond acceptors (Lipinski definition) is 4. The van der Waals surface area contributed by atoms with Crippen LogP contribution in [-0.2, 0) is 4.74 Å². The van der Waals surface area contributed by atoms with Crippen LogP contribution in [0.5, 0.6) is 0 Å². The highest BCUT2D eigenvalue weighted by Crippen LogP contribution is 2.32. The number of likely N-dealkylation sites (tertiary alicyclic amines) is 1. The second-order valence-corrected chi connectivity index (χ2v) is 6.19. The first kappa shape index (κ1) is 14.3. The van der Waals surface area contributed by atoms with Gasteiger partial charge in [-0.3, -0.25) is 4.90 Å². The third-order valence-electron chi connectivity index (χ3n) is 4.86. The molecule has 18 heavy (non-hydrogen) atoms. The highest BCUT2D eigenvalue weighted by molar-refractivity contribution is 4.99. The Morgan fingerprint density at radius 2 is 2.11 bits per heavy atom. The van der Waals surface area contributed by atoms with Crippen molar-refractivity contribution < 1.29 is 4.74 Å². The summed E-state index contributed by atoms with van der Waals surface area (Å²) in [5.41, 5.74) is 6.37. The van der Waals surface area contributed by atoms with E-state index in [-0.39, 0.29) is 5.54 Å². The van der Waals surface area contributed by atoms with E-state index in [0.29, 0.717) is 12.1 Å². The van der Waals surface area contributed by atoms with Gasteiger partial charge in [-0.2, -0.15) is 0 Å². The molecule has 2 saturated heterocycles. The molecular formula is C14H29N3O. The van der Waals surface area contributed by atoms with Crippen molar-refractivity contribution in [2.24, 2.45) is 5.73 Å². The molecule has 0 saturated carbocycles. The summed E-state index contributed by atoms with van der Waals surface area (Å²) in [6, 6.07) is 0.627. The van der Waals surface area contributed by atoms with Crippen molar-refractivity contribution >= 4 is 0 Å². The molecule has 3 unspecified atom stereocenters. The van der Waals surface area contributed by atoms with Gasteiger partial charge in [0, 0.05) is 37.8 Å². The van der Waals surface area contributed by atoms with Gasteiger partial charge in [-0.05, 0) is 46.7 Å². The summed E-state index contributed by atoms with van der Waals surface area (Å²) in [5, 5.41) is 0. The summed E-state index contributed by atoms with van der Waals surface area (Å²) in [6.07, 6.45) is 3.85. The Balaban J connectivity index is 2.10. The molecule has 2 heterocycles. The van der Waals surface area contributed by atoms with Gasteiger partial charge in [0.2, 0.25) is 0 Å². The fraction of sp³-hybridized carbons (Fsp3) is 1.00. The second-order valence-electron chi connectivity index (χ2n) is 6.19. The van der Waals surface area contributed by atoms with Crippen LogP contribution in [0.4, 0.5) is 0 Å². The molecule has 0 radical (unpaired) electrons. The Morgan fingerprint density at radius 3 is 2.78 bits per heavy atom. The van der Waals surface area contributed by atoms with Crippen molar-refractivity contribution in [3.8, 4) is 0 Å². The minimum absolute atomic E-state index is 0.202. The molecule has 2 aliphatic heterocycles. The minimum Gasteiger partial charge on any atom is -0.377 e. The highest BCUT2D eigenvalue weighted by atomic mass is 16.5. The summed E-state index contributed by atoms with van der Waals surface area (Å²) in [7, 11) is 2.22. The van der Waals surface area contributed by atoms with Gasteiger partial charge in [-0.1, -0.05) is 0 Å². The zero-order valence-electron chi connectivity index (χ0n) is 12.2. The van der Waals surface area contributed by atoms with E-state index in [0.717, 1.165) is 39.2 Å². The van der Waals surface area contributed by atoms with E-state index in [4.69, 9.17) is 10.5 Å². The Labute approximate surface area is 111 Å². The predicted molar refractivity (Wildman–Crippen MR) is 74.7 cm³/mol. The molecule has 3 atom stereocenters. The summed E-state index contributed by atoms with van der Waals surface area (Å²) in [5.74, 6) is 0. The molecule has 2 N–H and O–H groups in total. The lowest BCUT2D eigenvalue weighted by atomic mass is 9.81. The molecular weight excluding hydrogens is 226 g/mol. The summed E-state index contributed by atoms with van der Waals surface area (Å²) in [4.78, 5) is 5.07. The van der Waals surface area contributed by atoms with E-state index in [1.807, 2.05) is 0 Å². The maximum Gasteiger partial charge on any atom is 0.0674 e. The highest BCUT2D eigenvalue weighted by Gasteiger charge is 2.41. The van der Waals surface area contributed by atoms with Crippen molar-refractivity contribution in [3.05, 3.63) is 0 Å². The lowest BCUT2D eigenvalue weighted by molar-refractivity contribution is -0.00653. The van der Waals surface area contributed by atoms with Gasteiger partial charge < -0.3 is 15.4 Å². The van der Waals surface area contributed by atoms with E-state index in [9.17, 15) is 0 Å². The lowest BCUT2D eigenvalue weighted by Gasteiger charge is -2.50. The number of ether oxygens (including phenoxy) is 1.